The lowest BCUT2D eigenvalue weighted by Crippen LogP contribution is -1.98. The summed E-state index contributed by atoms with van der Waals surface area (Å²) < 4.78 is 11.8. The first-order chi connectivity index (χ1) is 13.1. The fourth-order valence-corrected chi connectivity index (χ4v) is 3.76. The average Bonchev–Trinajstić information content (AvgIpc) is 3.11. The maximum absolute atomic E-state index is 5.63. The molecule has 5 nitrogen and oxygen atoms in total. The first kappa shape index (κ1) is 19.4. The Kier molecular flexibility index (Phi) is 6.47. The van der Waals surface area contributed by atoms with Gasteiger partial charge in [0, 0.05) is 10.9 Å². The molecule has 0 amide bonds. The van der Waals surface area contributed by atoms with E-state index < -0.39 is 0 Å². The zero-order valence-corrected chi connectivity index (χ0v) is 17.7. The van der Waals surface area contributed by atoms with Gasteiger partial charge in [-0.05, 0) is 47.5 Å². The second kappa shape index (κ2) is 9.01. The van der Waals surface area contributed by atoms with Crippen molar-refractivity contribution in [2.75, 3.05) is 19.1 Å². The minimum Gasteiger partial charge on any atom is -0.492 e. The second-order valence-electron chi connectivity index (χ2n) is 5.74. The fraction of sp³-hybridized carbons (Fsp3) is 0.200. The van der Waals surface area contributed by atoms with Crippen molar-refractivity contribution in [3.8, 4) is 22.8 Å². The highest BCUT2D eigenvalue weighted by molar-refractivity contribution is 9.10. The van der Waals surface area contributed by atoms with E-state index in [9.17, 15) is 0 Å². The molecule has 0 bridgehead atoms. The lowest BCUT2D eigenvalue weighted by atomic mass is 10.1. The van der Waals surface area contributed by atoms with Crippen LogP contribution in [0.3, 0.4) is 0 Å². The van der Waals surface area contributed by atoms with Crippen LogP contribution in [-0.4, -0.2) is 24.9 Å². The molecule has 0 radical (unpaired) electrons. The monoisotopic (exact) mass is 445 g/mol. The topological polar surface area (TPSA) is 55.7 Å². The summed E-state index contributed by atoms with van der Waals surface area (Å²) in [6.07, 6.45) is 1.72. The molecule has 2 aromatic carbocycles. The van der Waals surface area contributed by atoms with Gasteiger partial charge in [-0.25, -0.2) is 4.98 Å². The van der Waals surface area contributed by atoms with E-state index >= 15 is 0 Å². The molecule has 27 heavy (non-hydrogen) atoms. The molecule has 0 unspecified atom stereocenters. The Morgan fingerprint density at radius 1 is 1.26 bits per heavy atom. The lowest BCUT2D eigenvalue weighted by Gasteiger charge is -2.11. The number of nitrogens with zero attached hydrogens (tertiary/aromatic N) is 2. The molecule has 0 spiro atoms. The van der Waals surface area contributed by atoms with Crippen LogP contribution in [0.25, 0.3) is 11.3 Å². The number of methoxy groups -OCH3 is 1. The third-order valence-electron chi connectivity index (χ3n) is 3.76. The number of rotatable bonds is 7. The summed E-state index contributed by atoms with van der Waals surface area (Å²) in [7, 11) is 1.62. The van der Waals surface area contributed by atoms with Crippen molar-refractivity contribution < 1.29 is 9.47 Å². The molecule has 0 saturated heterocycles. The van der Waals surface area contributed by atoms with Crippen LogP contribution < -0.4 is 14.9 Å². The molecule has 0 aliphatic heterocycles. The van der Waals surface area contributed by atoms with E-state index in [0.717, 1.165) is 26.4 Å². The van der Waals surface area contributed by atoms with Gasteiger partial charge in [-0.3, -0.25) is 5.43 Å². The molecule has 0 aliphatic rings. The fourth-order valence-electron chi connectivity index (χ4n) is 2.47. The smallest absolute Gasteiger partial charge is 0.203 e. The highest BCUT2D eigenvalue weighted by Gasteiger charge is 2.10. The number of hydrazone groups is 1. The number of aryl methyl sites for hydroxylation is 1. The maximum atomic E-state index is 5.63. The quantitative estimate of drug-likeness (QED) is 0.372. The van der Waals surface area contributed by atoms with Crippen molar-refractivity contribution in [3.05, 3.63) is 57.4 Å². The third-order valence-corrected chi connectivity index (χ3v) is 5.10. The number of hydrogen-bond acceptors (Lipinski definition) is 6. The number of aromatic nitrogens is 1. The standard InChI is InChI=1S/C20H20BrN3O2S/c1-4-26-18-10-14(9-16(21)19(18)25-3)11-22-24-20-23-17(12-27-20)15-7-5-13(2)6-8-15/h5-12H,4H2,1-3H3,(H,23,24)/b22-11-. The Balaban J connectivity index is 1.71. The number of hydrogen-bond donors (Lipinski definition) is 1. The predicted molar refractivity (Wildman–Crippen MR) is 115 cm³/mol. The number of benzene rings is 2. The van der Waals surface area contributed by atoms with Crippen LogP contribution in [-0.2, 0) is 0 Å². The zero-order valence-electron chi connectivity index (χ0n) is 15.3. The average molecular weight is 446 g/mol. The van der Waals surface area contributed by atoms with Crippen LogP contribution in [0.4, 0.5) is 5.13 Å². The summed E-state index contributed by atoms with van der Waals surface area (Å²) in [4.78, 5) is 4.57. The van der Waals surface area contributed by atoms with Gasteiger partial charge < -0.3 is 9.47 Å². The molecule has 7 heteroatoms. The van der Waals surface area contributed by atoms with E-state index in [1.807, 2.05) is 24.4 Å². The van der Waals surface area contributed by atoms with Gasteiger partial charge in [-0.2, -0.15) is 5.10 Å². The Morgan fingerprint density at radius 3 is 2.74 bits per heavy atom. The summed E-state index contributed by atoms with van der Waals surface area (Å²) in [6, 6.07) is 12.1. The number of ether oxygens (including phenoxy) is 2. The molecular weight excluding hydrogens is 426 g/mol. The van der Waals surface area contributed by atoms with Gasteiger partial charge in [-0.15, -0.1) is 11.3 Å². The summed E-state index contributed by atoms with van der Waals surface area (Å²) in [5, 5.41) is 7.04. The molecule has 3 rings (SSSR count). The molecule has 3 aromatic rings. The van der Waals surface area contributed by atoms with Crippen molar-refractivity contribution in [1.82, 2.24) is 4.98 Å². The molecule has 1 N–H and O–H groups in total. The Labute approximate surface area is 171 Å². The minimum absolute atomic E-state index is 0.558. The summed E-state index contributed by atoms with van der Waals surface area (Å²) >= 11 is 5.02. The summed E-state index contributed by atoms with van der Waals surface area (Å²) in [5.41, 5.74) is 7.12. The zero-order chi connectivity index (χ0) is 19.2. The van der Waals surface area contributed by atoms with Gasteiger partial charge in [0.2, 0.25) is 5.13 Å². The Morgan fingerprint density at radius 2 is 2.04 bits per heavy atom. The van der Waals surface area contributed by atoms with Gasteiger partial charge in [0.15, 0.2) is 11.5 Å². The first-order valence-corrected chi connectivity index (χ1v) is 10.1. The van der Waals surface area contributed by atoms with E-state index in [4.69, 9.17) is 9.47 Å². The van der Waals surface area contributed by atoms with E-state index in [2.05, 4.69) is 62.6 Å². The number of thiazole rings is 1. The Hall–Kier alpha value is -2.38. The van der Waals surface area contributed by atoms with Crippen molar-refractivity contribution in [3.63, 3.8) is 0 Å². The van der Waals surface area contributed by atoms with Crippen LogP contribution in [0.5, 0.6) is 11.5 Å². The molecule has 0 saturated carbocycles. The summed E-state index contributed by atoms with van der Waals surface area (Å²) in [5.74, 6) is 1.34. The third kappa shape index (κ3) is 4.87. The van der Waals surface area contributed by atoms with E-state index in [1.54, 1.807) is 13.3 Å². The van der Waals surface area contributed by atoms with Crippen LogP contribution >= 0.6 is 27.3 Å². The molecule has 0 aliphatic carbocycles. The van der Waals surface area contributed by atoms with Crippen LogP contribution in [0.2, 0.25) is 0 Å². The van der Waals surface area contributed by atoms with E-state index in [0.29, 0.717) is 18.1 Å². The lowest BCUT2D eigenvalue weighted by molar-refractivity contribution is 0.310. The van der Waals surface area contributed by atoms with Crippen molar-refractivity contribution in [2.45, 2.75) is 13.8 Å². The van der Waals surface area contributed by atoms with Crippen molar-refractivity contribution in [2.24, 2.45) is 5.10 Å². The molecule has 0 atom stereocenters. The second-order valence-corrected chi connectivity index (χ2v) is 7.45. The van der Waals surface area contributed by atoms with Gasteiger partial charge >= 0.3 is 0 Å². The van der Waals surface area contributed by atoms with Crippen molar-refractivity contribution in [1.29, 1.82) is 0 Å². The maximum Gasteiger partial charge on any atom is 0.203 e. The van der Waals surface area contributed by atoms with E-state index in [-0.39, 0.29) is 0 Å². The predicted octanol–water partition coefficient (Wildman–Crippen LogP) is 5.73. The van der Waals surface area contributed by atoms with Gasteiger partial charge in [-0.1, -0.05) is 29.8 Å². The molecule has 1 heterocycles. The number of anilines is 1. The van der Waals surface area contributed by atoms with Gasteiger partial charge in [0.05, 0.1) is 30.1 Å². The SMILES string of the molecule is CCOc1cc(/C=N\Nc2nc(-c3ccc(C)cc3)cs2)cc(Br)c1OC. The first-order valence-electron chi connectivity index (χ1n) is 8.42. The molecule has 0 fully saturated rings. The van der Waals surface area contributed by atoms with Crippen LogP contribution in [0.15, 0.2) is 51.4 Å². The Bertz CT molecular complexity index is 939. The van der Waals surface area contributed by atoms with Crippen LogP contribution in [0, 0.1) is 6.92 Å². The number of nitrogens with one attached hydrogen (secondary N) is 1. The number of halogens is 1. The van der Waals surface area contributed by atoms with Crippen molar-refractivity contribution >= 4 is 38.6 Å². The normalized spacial score (nSPS) is 11.0. The molecule has 140 valence electrons. The molecular formula is C20H20BrN3O2S. The van der Waals surface area contributed by atoms with E-state index in [1.165, 1.54) is 16.9 Å². The van der Waals surface area contributed by atoms with Gasteiger partial charge in [0.1, 0.15) is 0 Å². The van der Waals surface area contributed by atoms with Crippen LogP contribution in [0.1, 0.15) is 18.1 Å². The largest absolute Gasteiger partial charge is 0.492 e. The highest BCUT2D eigenvalue weighted by Crippen LogP contribution is 2.36. The summed E-state index contributed by atoms with van der Waals surface area (Å²) in [6.45, 7) is 4.56. The highest BCUT2D eigenvalue weighted by atomic mass is 79.9. The minimum atomic E-state index is 0.558. The van der Waals surface area contributed by atoms with Gasteiger partial charge in [0.25, 0.3) is 0 Å². The molecule has 1 aromatic heterocycles.